The van der Waals surface area contributed by atoms with Crippen molar-refractivity contribution in [1.29, 1.82) is 0 Å². The number of benzene rings is 1. The van der Waals surface area contributed by atoms with Crippen molar-refractivity contribution >= 4 is 16.5 Å². The third-order valence-corrected chi connectivity index (χ3v) is 3.02. The molecule has 0 aliphatic rings. The summed E-state index contributed by atoms with van der Waals surface area (Å²) in [4.78, 5) is 4.53. The maximum Gasteiger partial charge on any atom is 0.183 e. The quantitative estimate of drug-likeness (QED) is 0.887. The standard InChI is InChI=1S/C11H10F2N2S/c1-2-14-11-15-6-9(16-11)10-7(12)4-3-5-8(10)13/h3-6H,2H2,1H3,(H,14,15). The Hall–Kier alpha value is -1.49. The number of nitrogens with one attached hydrogen (secondary N) is 1. The highest BCUT2D eigenvalue weighted by atomic mass is 32.1. The smallest absolute Gasteiger partial charge is 0.183 e. The van der Waals surface area contributed by atoms with Crippen LogP contribution in [0.15, 0.2) is 24.4 Å². The highest BCUT2D eigenvalue weighted by molar-refractivity contribution is 7.18. The van der Waals surface area contributed by atoms with E-state index in [1.54, 1.807) is 0 Å². The molecule has 0 unspecified atom stereocenters. The summed E-state index contributed by atoms with van der Waals surface area (Å²) in [6.45, 7) is 2.66. The molecule has 0 atom stereocenters. The van der Waals surface area contributed by atoms with Gasteiger partial charge in [0.15, 0.2) is 5.13 Å². The molecule has 0 fully saturated rings. The molecule has 0 aliphatic carbocycles. The Balaban J connectivity index is 2.42. The van der Waals surface area contributed by atoms with E-state index in [4.69, 9.17) is 0 Å². The molecule has 2 aromatic rings. The first-order chi connectivity index (χ1) is 7.72. The van der Waals surface area contributed by atoms with Crippen molar-refractivity contribution in [2.75, 3.05) is 11.9 Å². The van der Waals surface area contributed by atoms with E-state index in [1.807, 2.05) is 6.92 Å². The highest BCUT2D eigenvalue weighted by Gasteiger charge is 2.13. The van der Waals surface area contributed by atoms with Gasteiger partial charge in [0.25, 0.3) is 0 Å². The first kappa shape index (κ1) is 11.0. The summed E-state index contributed by atoms with van der Waals surface area (Å²) in [5.74, 6) is -1.13. The molecule has 1 aromatic carbocycles. The van der Waals surface area contributed by atoms with E-state index in [1.165, 1.54) is 35.7 Å². The topological polar surface area (TPSA) is 24.9 Å². The molecule has 84 valence electrons. The van der Waals surface area contributed by atoms with Gasteiger partial charge in [0.1, 0.15) is 11.6 Å². The molecular formula is C11H10F2N2S. The molecule has 16 heavy (non-hydrogen) atoms. The molecule has 0 aliphatic heterocycles. The van der Waals surface area contributed by atoms with Crippen molar-refractivity contribution in [3.05, 3.63) is 36.0 Å². The van der Waals surface area contributed by atoms with Gasteiger partial charge in [-0.3, -0.25) is 0 Å². The van der Waals surface area contributed by atoms with E-state index in [9.17, 15) is 8.78 Å². The van der Waals surface area contributed by atoms with Crippen LogP contribution in [0.5, 0.6) is 0 Å². The van der Waals surface area contributed by atoms with Crippen LogP contribution in [0.2, 0.25) is 0 Å². The van der Waals surface area contributed by atoms with Crippen LogP contribution in [0.3, 0.4) is 0 Å². The molecule has 2 rings (SSSR count). The normalized spacial score (nSPS) is 10.4. The van der Waals surface area contributed by atoms with Gasteiger partial charge in [0.05, 0.1) is 10.4 Å². The fraction of sp³-hybridized carbons (Fsp3) is 0.182. The van der Waals surface area contributed by atoms with Crippen molar-refractivity contribution < 1.29 is 8.78 Å². The van der Waals surface area contributed by atoms with Crippen LogP contribution in [0, 0.1) is 11.6 Å². The van der Waals surface area contributed by atoms with Crippen molar-refractivity contribution in [1.82, 2.24) is 4.98 Å². The van der Waals surface area contributed by atoms with E-state index in [0.29, 0.717) is 10.0 Å². The van der Waals surface area contributed by atoms with Crippen LogP contribution in [0.1, 0.15) is 6.92 Å². The average molecular weight is 240 g/mol. The van der Waals surface area contributed by atoms with Crippen LogP contribution in [0.25, 0.3) is 10.4 Å². The van der Waals surface area contributed by atoms with E-state index in [-0.39, 0.29) is 5.56 Å². The van der Waals surface area contributed by atoms with Crippen LogP contribution in [-0.2, 0) is 0 Å². The lowest BCUT2D eigenvalue weighted by atomic mass is 10.2. The summed E-state index contributed by atoms with van der Waals surface area (Å²) in [5.41, 5.74) is -0.0100. The van der Waals surface area contributed by atoms with E-state index in [2.05, 4.69) is 10.3 Å². The average Bonchev–Trinajstić information content (AvgIpc) is 2.67. The minimum Gasteiger partial charge on any atom is -0.362 e. The molecule has 5 heteroatoms. The maximum atomic E-state index is 13.4. The lowest BCUT2D eigenvalue weighted by molar-refractivity contribution is 0.590. The zero-order chi connectivity index (χ0) is 11.5. The zero-order valence-corrected chi connectivity index (χ0v) is 9.44. The molecule has 1 aromatic heterocycles. The van der Waals surface area contributed by atoms with E-state index >= 15 is 0 Å². The minimum absolute atomic E-state index is 0.0100. The molecule has 2 nitrogen and oxygen atoms in total. The Labute approximate surface area is 96.0 Å². The van der Waals surface area contributed by atoms with E-state index < -0.39 is 11.6 Å². The summed E-state index contributed by atoms with van der Waals surface area (Å²) >= 11 is 1.24. The Morgan fingerprint density at radius 3 is 2.62 bits per heavy atom. The van der Waals surface area contributed by atoms with Gasteiger partial charge in [-0.2, -0.15) is 0 Å². The molecule has 0 amide bonds. The van der Waals surface area contributed by atoms with Crippen molar-refractivity contribution in [2.45, 2.75) is 6.92 Å². The van der Waals surface area contributed by atoms with Gasteiger partial charge in [-0.05, 0) is 19.1 Å². The molecule has 0 saturated carbocycles. The van der Waals surface area contributed by atoms with Gasteiger partial charge >= 0.3 is 0 Å². The Morgan fingerprint density at radius 1 is 1.31 bits per heavy atom. The number of hydrogen-bond acceptors (Lipinski definition) is 3. The van der Waals surface area contributed by atoms with Crippen molar-refractivity contribution in [3.8, 4) is 10.4 Å². The lowest BCUT2D eigenvalue weighted by Crippen LogP contribution is -1.94. The van der Waals surface area contributed by atoms with Crippen LogP contribution < -0.4 is 5.32 Å². The van der Waals surface area contributed by atoms with E-state index in [0.717, 1.165) is 6.54 Å². The number of hydrogen-bond donors (Lipinski definition) is 1. The third-order valence-electron chi connectivity index (χ3n) is 2.04. The summed E-state index contributed by atoms with van der Waals surface area (Å²) in [5, 5.41) is 3.67. The Morgan fingerprint density at radius 2 is 2.00 bits per heavy atom. The van der Waals surface area contributed by atoms with Crippen molar-refractivity contribution in [2.24, 2.45) is 0 Å². The molecule has 0 spiro atoms. The zero-order valence-electron chi connectivity index (χ0n) is 8.63. The van der Waals surface area contributed by atoms with Gasteiger partial charge in [0, 0.05) is 12.7 Å². The number of nitrogens with zero attached hydrogens (tertiary/aromatic N) is 1. The number of anilines is 1. The number of aromatic nitrogens is 1. The number of rotatable bonds is 3. The number of thiazole rings is 1. The minimum atomic E-state index is -0.563. The largest absolute Gasteiger partial charge is 0.362 e. The second-order valence-corrected chi connectivity index (χ2v) is 4.19. The lowest BCUT2D eigenvalue weighted by Gasteiger charge is -2.00. The third kappa shape index (κ3) is 2.04. The van der Waals surface area contributed by atoms with Gasteiger partial charge < -0.3 is 5.32 Å². The fourth-order valence-electron chi connectivity index (χ4n) is 1.36. The SMILES string of the molecule is CCNc1ncc(-c2c(F)cccc2F)s1. The molecular weight excluding hydrogens is 230 g/mol. The molecule has 0 saturated heterocycles. The second kappa shape index (κ2) is 4.57. The summed E-state index contributed by atoms with van der Waals surface area (Å²) in [6.07, 6.45) is 1.48. The molecule has 1 N–H and O–H groups in total. The fourth-order valence-corrected chi connectivity index (χ4v) is 2.29. The molecule has 1 heterocycles. The molecule has 0 radical (unpaired) electrons. The van der Waals surface area contributed by atoms with Gasteiger partial charge in [-0.15, -0.1) is 0 Å². The second-order valence-electron chi connectivity index (χ2n) is 3.16. The summed E-state index contributed by atoms with van der Waals surface area (Å²) < 4.78 is 26.9. The first-order valence-corrected chi connectivity index (χ1v) is 5.68. The first-order valence-electron chi connectivity index (χ1n) is 4.86. The Kier molecular flexibility index (Phi) is 3.14. The summed E-state index contributed by atoms with van der Waals surface area (Å²) in [7, 11) is 0. The van der Waals surface area contributed by atoms with Crippen molar-refractivity contribution in [3.63, 3.8) is 0 Å². The van der Waals surface area contributed by atoms with Gasteiger partial charge in [0.2, 0.25) is 0 Å². The van der Waals surface area contributed by atoms with Gasteiger partial charge in [-0.25, -0.2) is 13.8 Å². The monoisotopic (exact) mass is 240 g/mol. The maximum absolute atomic E-state index is 13.4. The predicted molar refractivity (Wildman–Crippen MR) is 61.6 cm³/mol. The van der Waals surface area contributed by atoms with Crippen LogP contribution in [0.4, 0.5) is 13.9 Å². The molecule has 0 bridgehead atoms. The predicted octanol–water partition coefficient (Wildman–Crippen LogP) is 3.52. The highest BCUT2D eigenvalue weighted by Crippen LogP contribution is 2.32. The Bertz CT molecular complexity index is 476. The van der Waals surface area contributed by atoms with Crippen LogP contribution >= 0.6 is 11.3 Å². The van der Waals surface area contributed by atoms with Crippen LogP contribution in [-0.4, -0.2) is 11.5 Å². The number of halogens is 2. The summed E-state index contributed by atoms with van der Waals surface area (Å²) in [6, 6.07) is 3.83. The van der Waals surface area contributed by atoms with Gasteiger partial charge in [-0.1, -0.05) is 17.4 Å².